The van der Waals surface area contributed by atoms with Crippen LogP contribution in [-0.4, -0.2) is 43.5 Å². The van der Waals surface area contributed by atoms with Crippen molar-refractivity contribution in [2.24, 2.45) is 5.73 Å². The van der Waals surface area contributed by atoms with Gasteiger partial charge in [0.1, 0.15) is 17.9 Å². The zero-order valence-electron chi connectivity index (χ0n) is 11.2. The highest BCUT2D eigenvalue weighted by Crippen LogP contribution is 2.23. The summed E-state index contributed by atoms with van der Waals surface area (Å²) in [6, 6.07) is 3.56. The number of primary amides is 1. The number of carboxylic acid groups (broad SMARTS) is 1. The molecule has 0 bridgehead atoms. The molecule has 9 nitrogen and oxygen atoms in total. The third-order valence-electron chi connectivity index (χ3n) is 2.32. The summed E-state index contributed by atoms with van der Waals surface area (Å²) in [5.74, 6) is -1.01. The van der Waals surface area contributed by atoms with Crippen molar-refractivity contribution in [1.82, 2.24) is 5.32 Å². The second-order valence-electron chi connectivity index (χ2n) is 3.77. The van der Waals surface area contributed by atoms with Gasteiger partial charge in [-0.3, -0.25) is 0 Å². The van der Waals surface area contributed by atoms with Crippen molar-refractivity contribution < 1.29 is 29.0 Å². The smallest absolute Gasteiger partial charge is 0.404 e. The number of benzene rings is 1. The molecule has 3 amide bonds. The van der Waals surface area contributed by atoms with Crippen LogP contribution in [0.3, 0.4) is 0 Å². The minimum absolute atomic E-state index is 0.0154. The summed E-state index contributed by atoms with van der Waals surface area (Å²) in [4.78, 5) is 32.7. The molecule has 0 aliphatic rings. The highest BCUT2D eigenvalue weighted by molar-refractivity contribution is 5.94. The van der Waals surface area contributed by atoms with E-state index >= 15 is 0 Å². The van der Waals surface area contributed by atoms with Crippen LogP contribution in [0.15, 0.2) is 18.2 Å². The normalized spacial score (nSPS) is 9.57. The summed E-state index contributed by atoms with van der Waals surface area (Å²) in [6.45, 7) is 0.0309. The number of anilines is 1. The molecule has 0 aliphatic carbocycles. The minimum Gasteiger partial charge on any atom is -0.496 e. The second-order valence-corrected chi connectivity index (χ2v) is 3.77. The van der Waals surface area contributed by atoms with Gasteiger partial charge in [-0.25, -0.2) is 14.4 Å². The topological polar surface area (TPSA) is 140 Å². The predicted octanol–water partition coefficient (Wildman–Crippen LogP) is 0.610. The van der Waals surface area contributed by atoms with Crippen LogP contribution in [0.4, 0.5) is 15.3 Å². The van der Waals surface area contributed by atoms with Crippen molar-refractivity contribution in [3.8, 4) is 5.75 Å². The fraction of sp³-hybridized carbons (Fsp3) is 0.250. The first-order chi connectivity index (χ1) is 9.93. The molecule has 0 spiro atoms. The van der Waals surface area contributed by atoms with E-state index in [1.165, 1.54) is 25.3 Å². The summed E-state index contributed by atoms with van der Waals surface area (Å²) < 4.78 is 9.36. The predicted molar refractivity (Wildman–Crippen MR) is 72.5 cm³/mol. The van der Waals surface area contributed by atoms with E-state index in [0.717, 1.165) is 0 Å². The summed E-state index contributed by atoms with van der Waals surface area (Å²) in [6.07, 6.45) is -0.925. The molecule has 0 radical (unpaired) electrons. The number of rotatable bonds is 6. The summed E-state index contributed by atoms with van der Waals surface area (Å²) in [5, 5.41) is 13.8. The fourth-order valence-corrected chi connectivity index (χ4v) is 1.44. The van der Waals surface area contributed by atoms with Gasteiger partial charge in [0.25, 0.3) is 0 Å². The van der Waals surface area contributed by atoms with Gasteiger partial charge >= 0.3 is 18.1 Å². The molecule has 9 heteroatoms. The van der Waals surface area contributed by atoms with Crippen LogP contribution in [0.1, 0.15) is 10.4 Å². The Morgan fingerprint density at radius 2 is 2.05 bits per heavy atom. The molecular weight excluding hydrogens is 282 g/mol. The number of carboxylic acids is 1. The Bertz CT molecular complexity index is 546. The number of hydrogen-bond acceptors (Lipinski definition) is 5. The molecule has 0 unspecified atom stereocenters. The Labute approximate surface area is 120 Å². The summed E-state index contributed by atoms with van der Waals surface area (Å²) in [5.41, 5.74) is 5.09. The Morgan fingerprint density at radius 1 is 1.33 bits per heavy atom. The van der Waals surface area contributed by atoms with E-state index in [-0.39, 0.29) is 24.5 Å². The van der Waals surface area contributed by atoms with Gasteiger partial charge in [-0.2, -0.15) is 0 Å². The first kappa shape index (κ1) is 16.1. The van der Waals surface area contributed by atoms with Gasteiger partial charge in [0.05, 0.1) is 13.7 Å². The van der Waals surface area contributed by atoms with Crippen molar-refractivity contribution in [3.05, 3.63) is 23.8 Å². The highest BCUT2D eigenvalue weighted by Gasteiger charge is 2.12. The molecule has 1 rings (SSSR count). The van der Waals surface area contributed by atoms with Gasteiger partial charge in [-0.05, 0) is 12.1 Å². The van der Waals surface area contributed by atoms with Crippen molar-refractivity contribution in [3.63, 3.8) is 0 Å². The fourth-order valence-electron chi connectivity index (χ4n) is 1.44. The number of carbonyl (C=O) groups excluding carboxylic acids is 2. The van der Waals surface area contributed by atoms with Crippen LogP contribution in [0, 0.1) is 0 Å². The molecule has 0 aliphatic heterocycles. The number of amides is 3. The maximum atomic E-state index is 11.5. The Hall–Kier alpha value is -2.97. The van der Waals surface area contributed by atoms with E-state index in [1.807, 2.05) is 0 Å². The van der Waals surface area contributed by atoms with Crippen molar-refractivity contribution >= 4 is 23.8 Å². The van der Waals surface area contributed by atoms with E-state index < -0.39 is 18.1 Å². The molecule has 0 heterocycles. The number of aromatic carboxylic acids is 1. The molecule has 0 atom stereocenters. The molecule has 5 N–H and O–H groups in total. The molecular formula is C12H15N3O6. The lowest BCUT2D eigenvalue weighted by atomic mass is 10.2. The quantitative estimate of drug-likeness (QED) is 0.567. The van der Waals surface area contributed by atoms with Gasteiger partial charge in [-0.15, -0.1) is 0 Å². The molecule has 0 fully saturated rings. The number of urea groups is 1. The zero-order valence-corrected chi connectivity index (χ0v) is 11.2. The highest BCUT2D eigenvalue weighted by atomic mass is 16.5. The summed E-state index contributed by atoms with van der Waals surface area (Å²) >= 11 is 0. The summed E-state index contributed by atoms with van der Waals surface area (Å²) in [7, 11) is 1.33. The van der Waals surface area contributed by atoms with Crippen LogP contribution >= 0.6 is 0 Å². The van der Waals surface area contributed by atoms with Crippen molar-refractivity contribution in [2.75, 3.05) is 25.6 Å². The van der Waals surface area contributed by atoms with Crippen LogP contribution in [0.5, 0.6) is 5.75 Å². The molecule has 21 heavy (non-hydrogen) atoms. The van der Waals surface area contributed by atoms with E-state index in [2.05, 4.69) is 15.4 Å². The Kier molecular flexibility index (Phi) is 5.80. The van der Waals surface area contributed by atoms with E-state index in [0.29, 0.717) is 5.69 Å². The lowest BCUT2D eigenvalue weighted by Crippen LogP contribution is -2.32. The average Bonchev–Trinajstić information content (AvgIpc) is 2.43. The molecule has 114 valence electrons. The van der Waals surface area contributed by atoms with Gasteiger partial charge < -0.3 is 30.9 Å². The molecule has 1 aromatic carbocycles. The second kappa shape index (κ2) is 7.58. The molecule has 0 saturated carbocycles. The van der Waals surface area contributed by atoms with Crippen LogP contribution in [-0.2, 0) is 4.74 Å². The van der Waals surface area contributed by atoms with E-state index in [4.69, 9.17) is 15.6 Å². The minimum atomic E-state index is -1.13. The maximum Gasteiger partial charge on any atom is 0.404 e. The third-order valence-corrected chi connectivity index (χ3v) is 2.32. The van der Waals surface area contributed by atoms with Crippen LogP contribution in [0.2, 0.25) is 0 Å². The van der Waals surface area contributed by atoms with Gasteiger partial charge in [0.2, 0.25) is 0 Å². The first-order valence-corrected chi connectivity index (χ1v) is 5.82. The maximum absolute atomic E-state index is 11.5. The lowest BCUT2D eigenvalue weighted by molar-refractivity contribution is 0.0693. The number of methoxy groups -OCH3 is 1. The molecule has 0 saturated heterocycles. The first-order valence-electron chi connectivity index (χ1n) is 5.82. The number of ether oxygens (including phenoxy) is 2. The van der Waals surface area contributed by atoms with Gasteiger partial charge in [-0.1, -0.05) is 0 Å². The van der Waals surface area contributed by atoms with Crippen LogP contribution in [0.25, 0.3) is 0 Å². The molecule has 1 aromatic rings. The van der Waals surface area contributed by atoms with E-state index in [9.17, 15) is 14.4 Å². The largest absolute Gasteiger partial charge is 0.496 e. The molecule has 0 aromatic heterocycles. The number of nitrogens with two attached hydrogens (primary N) is 1. The third kappa shape index (κ3) is 5.27. The van der Waals surface area contributed by atoms with E-state index in [1.54, 1.807) is 0 Å². The van der Waals surface area contributed by atoms with Gasteiger partial charge in [0.15, 0.2) is 0 Å². The number of carbonyl (C=O) groups is 3. The Morgan fingerprint density at radius 3 is 2.62 bits per heavy atom. The van der Waals surface area contributed by atoms with Crippen LogP contribution < -0.4 is 21.1 Å². The number of hydrogen-bond donors (Lipinski definition) is 4. The lowest BCUT2D eigenvalue weighted by Gasteiger charge is -2.10. The van der Waals surface area contributed by atoms with Crippen molar-refractivity contribution in [1.29, 1.82) is 0 Å². The zero-order chi connectivity index (χ0) is 15.8. The van der Waals surface area contributed by atoms with Gasteiger partial charge in [0, 0.05) is 11.8 Å². The number of nitrogens with one attached hydrogen (secondary N) is 2. The van der Waals surface area contributed by atoms with Crippen molar-refractivity contribution in [2.45, 2.75) is 0 Å². The standard InChI is InChI=1S/C12H15N3O6/c1-20-9-6-7(2-3-8(9)10(16)17)15-12(19)14-4-5-21-11(13)18/h2-3,6H,4-5H2,1H3,(H2,13,18)(H,16,17)(H2,14,15,19). The SMILES string of the molecule is COc1cc(NC(=O)NCCOC(N)=O)ccc1C(=O)O. The average molecular weight is 297 g/mol. The monoisotopic (exact) mass is 297 g/mol. The Balaban J connectivity index is 2.56.